The lowest BCUT2D eigenvalue weighted by Gasteiger charge is -2.32. The van der Waals surface area contributed by atoms with Crippen LogP contribution in [0.15, 0.2) is 12.5 Å². The molecule has 1 aliphatic heterocycles. The average Bonchev–Trinajstić information content (AvgIpc) is 2.91. The highest BCUT2D eigenvalue weighted by atomic mass is 127. The van der Waals surface area contributed by atoms with Gasteiger partial charge in [-0.15, -0.1) is 10.2 Å². The van der Waals surface area contributed by atoms with E-state index in [0.717, 1.165) is 34.2 Å². The summed E-state index contributed by atoms with van der Waals surface area (Å²) >= 11 is 2.25. The number of halogens is 1. The summed E-state index contributed by atoms with van der Waals surface area (Å²) in [7, 11) is 0. The van der Waals surface area contributed by atoms with Crippen LogP contribution in [0.3, 0.4) is 0 Å². The molecule has 2 aromatic heterocycles. The summed E-state index contributed by atoms with van der Waals surface area (Å²) in [5.41, 5.74) is 0.904. The lowest BCUT2D eigenvalue weighted by atomic mass is 9.93. The van der Waals surface area contributed by atoms with Gasteiger partial charge in [0.15, 0.2) is 5.65 Å². The zero-order valence-corrected chi connectivity index (χ0v) is 13.2. The lowest BCUT2D eigenvalue weighted by Crippen LogP contribution is -2.35. The SMILES string of the molecule is CCCC1CCN(c2ncc(I)c3nncn23)CC1. The zero-order chi connectivity index (χ0) is 13.2. The second-order valence-electron chi connectivity index (χ2n) is 5.15. The Morgan fingerprint density at radius 2 is 2.16 bits per heavy atom. The third-order valence-corrected chi connectivity index (χ3v) is 4.63. The van der Waals surface area contributed by atoms with Gasteiger partial charge in [0.25, 0.3) is 0 Å². The molecule has 3 heterocycles. The zero-order valence-electron chi connectivity index (χ0n) is 11.1. The first-order valence-electron chi connectivity index (χ1n) is 6.88. The molecule has 0 aromatic carbocycles. The normalized spacial score (nSPS) is 17.3. The van der Waals surface area contributed by atoms with Crippen molar-refractivity contribution < 1.29 is 0 Å². The molecule has 0 bridgehead atoms. The van der Waals surface area contributed by atoms with Gasteiger partial charge in [-0.25, -0.2) is 4.98 Å². The van der Waals surface area contributed by atoms with E-state index in [1.165, 1.54) is 25.7 Å². The monoisotopic (exact) mass is 371 g/mol. The van der Waals surface area contributed by atoms with Crippen LogP contribution >= 0.6 is 22.6 Å². The number of fused-ring (bicyclic) bond motifs is 1. The first-order valence-corrected chi connectivity index (χ1v) is 7.96. The maximum atomic E-state index is 4.57. The molecule has 0 aliphatic carbocycles. The summed E-state index contributed by atoms with van der Waals surface area (Å²) in [6.45, 7) is 4.45. The fourth-order valence-corrected chi connectivity index (χ4v) is 3.35. The fourth-order valence-electron chi connectivity index (χ4n) is 2.84. The van der Waals surface area contributed by atoms with Crippen LogP contribution < -0.4 is 4.90 Å². The molecule has 0 spiro atoms. The van der Waals surface area contributed by atoms with Gasteiger partial charge >= 0.3 is 0 Å². The Balaban J connectivity index is 1.82. The van der Waals surface area contributed by atoms with Crippen LogP contribution in [0.5, 0.6) is 0 Å². The largest absolute Gasteiger partial charge is 0.342 e. The molecule has 5 nitrogen and oxygen atoms in total. The Bertz CT molecular complexity index is 559. The topological polar surface area (TPSA) is 46.3 Å². The van der Waals surface area contributed by atoms with Gasteiger partial charge < -0.3 is 4.90 Å². The molecule has 1 aliphatic rings. The third kappa shape index (κ3) is 2.54. The molecular weight excluding hydrogens is 353 g/mol. The number of rotatable bonds is 3. The average molecular weight is 371 g/mol. The van der Waals surface area contributed by atoms with E-state index in [1.807, 2.05) is 10.6 Å². The van der Waals surface area contributed by atoms with E-state index in [2.05, 4.69) is 49.6 Å². The fraction of sp³-hybridized carbons (Fsp3) is 0.615. The number of nitrogens with zero attached hydrogens (tertiary/aromatic N) is 5. The summed E-state index contributed by atoms with van der Waals surface area (Å²) in [4.78, 5) is 6.93. The number of hydrogen-bond acceptors (Lipinski definition) is 4. The minimum Gasteiger partial charge on any atom is -0.342 e. The molecule has 0 atom stereocenters. The van der Waals surface area contributed by atoms with Gasteiger partial charge in [-0.3, -0.25) is 4.40 Å². The predicted molar refractivity (Wildman–Crippen MR) is 83.3 cm³/mol. The second-order valence-corrected chi connectivity index (χ2v) is 6.31. The van der Waals surface area contributed by atoms with Gasteiger partial charge in [0.05, 0.1) is 3.57 Å². The quantitative estimate of drug-likeness (QED) is 0.779. The molecule has 0 amide bonds. The van der Waals surface area contributed by atoms with Gasteiger partial charge in [-0.05, 0) is 41.4 Å². The molecule has 1 saturated heterocycles. The van der Waals surface area contributed by atoms with E-state index in [9.17, 15) is 0 Å². The highest BCUT2D eigenvalue weighted by Gasteiger charge is 2.21. The summed E-state index contributed by atoms with van der Waals surface area (Å²) in [6.07, 6.45) is 8.84. The molecule has 2 aromatic rings. The number of hydrogen-bond donors (Lipinski definition) is 0. The minimum absolute atomic E-state index is 0.890. The highest BCUT2D eigenvalue weighted by molar-refractivity contribution is 14.1. The van der Waals surface area contributed by atoms with E-state index in [0.29, 0.717) is 0 Å². The lowest BCUT2D eigenvalue weighted by molar-refractivity contribution is 0.375. The van der Waals surface area contributed by atoms with Gasteiger partial charge in [-0.1, -0.05) is 19.8 Å². The van der Waals surface area contributed by atoms with Crippen LogP contribution in [-0.4, -0.2) is 32.7 Å². The standard InChI is InChI=1S/C13H18IN5/c1-2-3-10-4-6-18(7-5-10)13-15-8-11(14)12-17-16-9-19(12)13/h8-10H,2-7H2,1H3. The molecule has 1 fully saturated rings. The van der Waals surface area contributed by atoms with Crippen molar-refractivity contribution in [3.63, 3.8) is 0 Å². The summed E-state index contributed by atoms with van der Waals surface area (Å²) in [5, 5.41) is 8.16. The second kappa shape index (κ2) is 5.60. The summed E-state index contributed by atoms with van der Waals surface area (Å²) in [6, 6.07) is 0. The Morgan fingerprint density at radius 1 is 1.37 bits per heavy atom. The smallest absolute Gasteiger partial charge is 0.212 e. The van der Waals surface area contributed by atoms with Gasteiger partial charge in [0.1, 0.15) is 6.33 Å². The van der Waals surface area contributed by atoms with Crippen LogP contribution in [-0.2, 0) is 0 Å². The number of anilines is 1. The van der Waals surface area contributed by atoms with Crippen molar-refractivity contribution in [2.75, 3.05) is 18.0 Å². The number of aromatic nitrogens is 4. The Hall–Kier alpha value is -0.920. The van der Waals surface area contributed by atoms with Crippen molar-refractivity contribution in [1.29, 1.82) is 0 Å². The minimum atomic E-state index is 0.890. The van der Waals surface area contributed by atoms with Crippen LogP contribution in [0.25, 0.3) is 5.65 Å². The van der Waals surface area contributed by atoms with Gasteiger partial charge in [0.2, 0.25) is 5.95 Å². The van der Waals surface area contributed by atoms with Crippen molar-refractivity contribution in [1.82, 2.24) is 19.6 Å². The maximum absolute atomic E-state index is 4.57. The molecule has 0 saturated carbocycles. The summed E-state index contributed by atoms with van der Waals surface area (Å²) in [5.74, 6) is 1.87. The Morgan fingerprint density at radius 3 is 2.89 bits per heavy atom. The van der Waals surface area contributed by atoms with Crippen molar-refractivity contribution in [2.24, 2.45) is 5.92 Å². The number of piperidine rings is 1. The molecule has 0 radical (unpaired) electrons. The van der Waals surface area contributed by atoms with Crippen molar-refractivity contribution >= 4 is 34.2 Å². The van der Waals surface area contributed by atoms with Crippen molar-refractivity contribution in [3.05, 3.63) is 16.1 Å². The van der Waals surface area contributed by atoms with E-state index >= 15 is 0 Å². The van der Waals surface area contributed by atoms with E-state index in [-0.39, 0.29) is 0 Å². The van der Waals surface area contributed by atoms with Crippen LogP contribution in [0.2, 0.25) is 0 Å². The first-order chi connectivity index (χ1) is 9.29. The van der Waals surface area contributed by atoms with Gasteiger partial charge in [0, 0.05) is 19.3 Å². The van der Waals surface area contributed by atoms with E-state index in [1.54, 1.807) is 6.33 Å². The van der Waals surface area contributed by atoms with Crippen LogP contribution in [0.1, 0.15) is 32.6 Å². The molecule has 19 heavy (non-hydrogen) atoms. The van der Waals surface area contributed by atoms with Crippen LogP contribution in [0.4, 0.5) is 5.95 Å². The first kappa shape index (κ1) is 13.1. The Labute approximate surface area is 126 Å². The molecule has 102 valence electrons. The third-order valence-electron chi connectivity index (χ3n) is 3.86. The van der Waals surface area contributed by atoms with Crippen LogP contribution in [0, 0.1) is 9.49 Å². The molecule has 0 N–H and O–H groups in total. The van der Waals surface area contributed by atoms with Crippen molar-refractivity contribution in [3.8, 4) is 0 Å². The Kier molecular flexibility index (Phi) is 3.86. The maximum Gasteiger partial charge on any atom is 0.212 e. The van der Waals surface area contributed by atoms with E-state index in [4.69, 9.17) is 0 Å². The van der Waals surface area contributed by atoms with Crippen molar-refractivity contribution in [2.45, 2.75) is 32.6 Å². The molecular formula is C13H18IN5. The molecule has 0 unspecified atom stereocenters. The summed E-state index contributed by atoms with van der Waals surface area (Å²) < 4.78 is 3.04. The molecule has 3 rings (SSSR count). The predicted octanol–water partition coefficient (Wildman–Crippen LogP) is 2.75. The molecule has 6 heteroatoms. The van der Waals surface area contributed by atoms with Gasteiger partial charge in [-0.2, -0.15) is 0 Å². The highest BCUT2D eigenvalue weighted by Crippen LogP contribution is 2.25. The van der Waals surface area contributed by atoms with E-state index < -0.39 is 0 Å².